The summed E-state index contributed by atoms with van der Waals surface area (Å²) in [4.78, 5) is 25.1. The molecule has 170 valence electrons. The zero-order valence-corrected chi connectivity index (χ0v) is 18.0. The van der Waals surface area contributed by atoms with Gasteiger partial charge >= 0.3 is 12.1 Å². The number of hydrogen-bond acceptors (Lipinski definition) is 5. The van der Waals surface area contributed by atoms with E-state index < -0.39 is 28.9 Å². The number of esters is 1. The Morgan fingerprint density at radius 2 is 2.03 bits per heavy atom. The third-order valence-corrected chi connectivity index (χ3v) is 5.27. The van der Waals surface area contributed by atoms with Gasteiger partial charge in [0.1, 0.15) is 0 Å². The van der Waals surface area contributed by atoms with Gasteiger partial charge in [0.15, 0.2) is 0 Å². The van der Waals surface area contributed by atoms with E-state index in [2.05, 4.69) is 5.92 Å². The second-order valence-electron chi connectivity index (χ2n) is 7.52. The van der Waals surface area contributed by atoms with Crippen LogP contribution in [0.25, 0.3) is 5.57 Å². The molecule has 2 aromatic rings. The number of aryl methyl sites for hydroxylation is 1. The summed E-state index contributed by atoms with van der Waals surface area (Å²) >= 11 is 0. The summed E-state index contributed by atoms with van der Waals surface area (Å²) in [6, 6.07) is 6.15. The Morgan fingerprint density at radius 3 is 2.64 bits per heavy atom. The molecule has 1 heterocycles. The molecule has 1 unspecified atom stereocenters. The predicted octanol–water partition coefficient (Wildman–Crippen LogP) is 2.95. The van der Waals surface area contributed by atoms with Gasteiger partial charge in [-0.2, -0.15) is 18.4 Å². The maximum Gasteiger partial charge on any atom is 0.433 e. The van der Waals surface area contributed by atoms with Gasteiger partial charge in [0.2, 0.25) is 5.60 Å². The van der Waals surface area contributed by atoms with Crippen molar-refractivity contribution in [3.8, 4) is 17.9 Å². The molecule has 6 nitrogen and oxygen atoms in total. The number of aromatic nitrogens is 1. The van der Waals surface area contributed by atoms with Crippen LogP contribution in [0, 0.1) is 23.2 Å². The molecule has 1 N–H and O–H groups in total. The number of aliphatic hydroxyl groups is 1. The number of carbonyl (C=O) groups excluding carboxylic acids is 1. The minimum atomic E-state index is -5.20. The highest BCUT2D eigenvalue weighted by Crippen LogP contribution is 2.39. The zero-order valence-electron chi connectivity index (χ0n) is 18.0. The monoisotopic (exact) mass is 456 g/mol. The minimum Gasteiger partial charge on any atom is -0.462 e. The summed E-state index contributed by atoms with van der Waals surface area (Å²) in [5, 5.41) is 19.6. The standard InChI is InChI=1S/C24H19F3N2O4/c1-4-33-22(31)19-14(2)10-18-20(19)16(13-29(3)21(18)30)8-9-23(32,24(25,26)27)17-7-5-6-15(11-17)12-28/h5-7,11,13,32H,4,10H2,1-3H3. The van der Waals surface area contributed by atoms with Crippen molar-refractivity contribution in [1.82, 2.24) is 4.57 Å². The molecule has 33 heavy (non-hydrogen) atoms. The van der Waals surface area contributed by atoms with E-state index in [-0.39, 0.29) is 40.9 Å². The number of hydrogen-bond donors (Lipinski definition) is 1. The molecule has 1 aromatic heterocycles. The van der Waals surface area contributed by atoms with Gasteiger partial charge in [-0.3, -0.25) is 4.79 Å². The average molecular weight is 456 g/mol. The van der Waals surface area contributed by atoms with Gasteiger partial charge < -0.3 is 14.4 Å². The molecule has 9 heteroatoms. The smallest absolute Gasteiger partial charge is 0.433 e. The number of carbonyl (C=O) groups is 1. The van der Waals surface area contributed by atoms with Crippen molar-refractivity contribution in [3.63, 3.8) is 0 Å². The topological polar surface area (TPSA) is 92.3 Å². The molecule has 1 atom stereocenters. The van der Waals surface area contributed by atoms with Crippen molar-refractivity contribution >= 4 is 11.5 Å². The lowest BCUT2D eigenvalue weighted by Gasteiger charge is -2.25. The van der Waals surface area contributed by atoms with Crippen LogP contribution in [0.4, 0.5) is 13.2 Å². The SMILES string of the molecule is CCOC(=O)C1=C(C)Cc2c1c(C#CC(O)(c1cccc(C#N)c1)C(F)(F)F)cn(C)c2=O. The maximum atomic E-state index is 13.9. The van der Waals surface area contributed by atoms with Gasteiger partial charge in [0.25, 0.3) is 5.56 Å². The number of pyridine rings is 1. The van der Waals surface area contributed by atoms with Crippen LogP contribution >= 0.6 is 0 Å². The Morgan fingerprint density at radius 1 is 1.33 bits per heavy atom. The fourth-order valence-electron chi connectivity index (χ4n) is 3.67. The molecule has 1 aromatic carbocycles. The minimum absolute atomic E-state index is 0.0360. The summed E-state index contributed by atoms with van der Waals surface area (Å²) in [5.74, 6) is 3.51. The molecule has 3 rings (SSSR count). The van der Waals surface area contributed by atoms with Crippen molar-refractivity contribution in [1.29, 1.82) is 5.26 Å². The number of ether oxygens (including phenoxy) is 1. The van der Waals surface area contributed by atoms with Crippen LogP contribution < -0.4 is 5.56 Å². The van der Waals surface area contributed by atoms with Crippen LogP contribution in [0.2, 0.25) is 0 Å². The molecule has 0 radical (unpaired) electrons. The largest absolute Gasteiger partial charge is 0.462 e. The van der Waals surface area contributed by atoms with Gasteiger partial charge in [-0.15, -0.1) is 0 Å². The Labute approximate surface area is 187 Å². The molecule has 1 aliphatic rings. The lowest BCUT2D eigenvalue weighted by Crippen LogP contribution is -2.41. The van der Waals surface area contributed by atoms with E-state index in [1.54, 1.807) is 19.9 Å². The lowest BCUT2D eigenvalue weighted by molar-refractivity contribution is -0.240. The number of nitriles is 1. The Balaban J connectivity index is 2.26. The predicted molar refractivity (Wildman–Crippen MR) is 113 cm³/mol. The van der Waals surface area contributed by atoms with E-state index >= 15 is 0 Å². The van der Waals surface area contributed by atoms with Gasteiger partial charge in [-0.05, 0) is 31.9 Å². The highest BCUT2D eigenvalue weighted by molar-refractivity contribution is 6.19. The molecule has 0 spiro atoms. The van der Waals surface area contributed by atoms with Gasteiger partial charge in [-0.1, -0.05) is 23.6 Å². The highest BCUT2D eigenvalue weighted by Gasteiger charge is 2.54. The van der Waals surface area contributed by atoms with E-state index in [1.165, 1.54) is 25.4 Å². The number of fused-ring (bicyclic) bond motifs is 1. The third kappa shape index (κ3) is 4.15. The van der Waals surface area contributed by atoms with Crippen molar-refractivity contribution in [2.24, 2.45) is 7.05 Å². The zero-order chi connectivity index (χ0) is 24.6. The molecule has 0 saturated carbocycles. The Kier molecular flexibility index (Phi) is 6.22. The fraction of sp³-hybridized carbons (Fsp3) is 0.292. The molecule has 0 fully saturated rings. The van der Waals surface area contributed by atoms with Crippen LogP contribution in [0.5, 0.6) is 0 Å². The van der Waals surface area contributed by atoms with E-state index in [0.29, 0.717) is 5.57 Å². The highest BCUT2D eigenvalue weighted by atomic mass is 19.4. The Hall–Kier alpha value is -3.82. The van der Waals surface area contributed by atoms with Crippen LogP contribution in [-0.2, 0) is 28.6 Å². The maximum absolute atomic E-state index is 13.9. The average Bonchev–Trinajstić information content (AvgIpc) is 3.12. The summed E-state index contributed by atoms with van der Waals surface area (Å²) in [5.41, 5.74) is -3.82. The third-order valence-electron chi connectivity index (χ3n) is 5.27. The number of allylic oxidation sites excluding steroid dienone is 1. The summed E-state index contributed by atoms with van der Waals surface area (Å²) in [6.07, 6.45) is -3.86. The summed E-state index contributed by atoms with van der Waals surface area (Å²) < 4.78 is 48.0. The molecule has 0 amide bonds. The lowest BCUT2D eigenvalue weighted by atomic mass is 9.91. The first-order chi connectivity index (χ1) is 15.4. The molecule has 1 aliphatic carbocycles. The van der Waals surface area contributed by atoms with Gasteiger partial charge in [0, 0.05) is 41.9 Å². The second kappa shape index (κ2) is 8.61. The van der Waals surface area contributed by atoms with Crippen LogP contribution in [0.1, 0.15) is 41.7 Å². The first-order valence-electron chi connectivity index (χ1n) is 9.87. The second-order valence-corrected chi connectivity index (χ2v) is 7.52. The van der Waals surface area contributed by atoms with E-state index in [0.717, 1.165) is 16.7 Å². The first kappa shape index (κ1) is 23.8. The Bertz CT molecular complexity index is 1340. The number of benzene rings is 1. The van der Waals surface area contributed by atoms with Crippen molar-refractivity contribution in [2.75, 3.05) is 6.61 Å². The quantitative estimate of drug-likeness (QED) is 0.567. The summed E-state index contributed by atoms with van der Waals surface area (Å²) in [7, 11) is 1.41. The van der Waals surface area contributed by atoms with E-state index in [9.17, 15) is 27.9 Å². The number of rotatable bonds is 3. The van der Waals surface area contributed by atoms with Gasteiger partial charge in [0.05, 0.1) is 23.8 Å². The first-order valence-corrected chi connectivity index (χ1v) is 9.87. The van der Waals surface area contributed by atoms with Crippen LogP contribution in [0.15, 0.2) is 40.8 Å². The fourth-order valence-corrected chi connectivity index (χ4v) is 3.67. The molecule has 0 bridgehead atoms. The number of alkyl halides is 3. The van der Waals surface area contributed by atoms with Crippen molar-refractivity contribution in [2.45, 2.75) is 32.0 Å². The van der Waals surface area contributed by atoms with E-state index in [4.69, 9.17) is 10.00 Å². The molecular formula is C24H19F3N2O4. The number of nitrogens with zero attached hydrogens (tertiary/aromatic N) is 2. The van der Waals surface area contributed by atoms with Crippen LogP contribution in [-0.4, -0.2) is 28.4 Å². The molecular weight excluding hydrogens is 437 g/mol. The normalized spacial score (nSPS) is 14.6. The molecule has 0 saturated heterocycles. The number of halogens is 3. The van der Waals surface area contributed by atoms with Crippen LogP contribution in [0.3, 0.4) is 0 Å². The molecule has 0 aliphatic heterocycles. The summed E-state index contributed by atoms with van der Waals surface area (Å²) in [6.45, 7) is 3.30. The van der Waals surface area contributed by atoms with Crippen molar-refractivity contribution in [3.05, 3.63) is 74.2 Å². The van der Waals surface area contributed by atoms with Gasteiger partial charge in [-0.25, -0.2) is 4.79 Å². The van der Waals surface area contributed by atoms with Crippen molar-refractivity contribution < 1.29 is 27.8 Å². The van der Waals surface area contributed by atoms with E-state index in [1.807, 2.05) is 5.92 Å².